The maximum absolute atomic E-state index is 4.16. The van der Waals surface area contributed by atoms with Gasteiger partial charge in [0.15, 0.2) is 0 Å². The van der Waals surface area contributed by atoms with Crippen molar-refractivity contribution in [1.82, 2.24) is 20.8 Å². The van der Waals surface area contributed by atoms with Gasteiger partial charge in [0.1, 0.15) is 0 Å². The summed E-state index contributed by atoms with van der Waals surface area (Å²) in [6.07, 6.45) is 0. The monoisotopic (exact) mass is 196 g/mol. The summed E-state index contributed by atoms with van der Waals surface area (Å²) < 4.78 is 0. The molecule has 0 aliphatic heterocycles. The number of H-pyrrole nitrogens is 1. The van der Waals surface area contributed by atoms with E-state index in [4.69, 9.17) is 0 Å². The molecule has 80 valence electrons. The first-order valence-electron chi connectivity index (χ1n) is 5.17. The van der Waals surface area contributed by atoms with Gasteiger partial charge in [-0.25, -0.2) is 0 Å². The SMILES string of the molecule is CCNCC(C)NCc1cc(C)[nH]n1. The third-order valence-corrected chi connectivity index (χ3v) is 2.09. The molecule has 1 unspecified atom stereocenters. The van der Waals surface area contributed by atoms with Crippen LogP contribution in [0.25, 0.3) is 0 Å². The lowest BCUT2D eigenvalue weighted by Crippen LogP contribution is -2.35. The van der Waals surface area contributed by atoms with Gasteiger partial charge >= 0.3 is 0 Å². The van der Waals surface area contributed by atoms with Gasteiger partial charge in [0.2, 0.25) is 0 Å². The zero-order valence-electron chi connectivity index (χ0n) is 9.22. The fourth-order valence-corrected chi connectivity index (χ4v) is 1.28. The Balaban J connectivity index is 2.20. The molecule has 0 radical (unpaired) electrons. The predicted octanol–water partition coefficient (Wildman–Crippen LogP) is 0.806. The highest BCUT2D eigenvalue weighted by molar-refractivity contribution is 5.06. The van der Waals surface area contributed by atoms with Gasteiger partial charge in [-0.1, -0.05) is 6.92 Å². The number of nitrogens with zero attached hydrogens (tertiary/aromatic N) is 1. The molecule has 0 aromatic carbocycles. The number of likely N-dealkylation sites (N-methyl/N-ethyl adjacent to an activating group) is 1. The van der Waals surface area contributed by atoms with Crippen LogP contribution in [0.5, 0.6) is 0 Å². The molecule has 0 spiro atoms. The molecule has 1 aromatic heterocycles. The molecule has 1 rings (SSSR count). The molecule has 1 heterocycles. The van der Waals surface area contributed by atoms with Crippen molar-refractivity contribution in [2.45, 2.75) is 33.4 Å². The molecule has 4 nitrogen and oxygen atoms in total. The summed E-state index contributed by atoms with van der Waals surface area (Å²) in [6, 6.07) is 2.54. The van der Waals surface area contributed by atoms with Crippen molar-refractivity contribution < 1.29 is 0 Å². The van der Waals surface area contributed by atoms with Crippen molar-refractivity contribution in [3.8, 4) is 0 Å². The summed E-state index contributed by atoms with van der Waals surface area (Å²) in [6.45, 7) is 9.15. The topological polar surface area (TPSA) is 52.7 Å². The molecular formula is C10H20N4. The van der Waals surface area contributed by atoms with Crippen LogP contribution in [0.1, 0.15) is 25.2 Å². The minimum atomic E-state index is 0.479. The normalized spacial score (nSPS) is 13.1. The summed E-state index contributed by atoms with van der Waals surface area (Å²) in [4.78, 5) is 0. The second-order valence-corrected chi connectivity index (χ2v) is 3.63. The number of nitrogens with one attached hydrogen (secondary N) is 3. The molecule has 0 aliphatic rings. The average molecular weight is 196 g/mol. The van der Waals surface area contributed by atoms with Gasteiger partial charge < -0.3 is 10.6 Å². The molecule has 0 fully saturated rings. The van der Waals surface area contributed by atoms with E-state index < -0.39 is 0 Å². The van der Waals surface area contributed by atoms with Crippen LogP contribution in [-0.2, 0) is 6.54 Å². The summed E-state index contributed by atoms with van der Waals surface area (Å²) >= 11 is 0. The number of hydrogen-bond donors (Lipinski definition) is 3. The summed E-state index contributed by atoms with van der Waals surface area (Å²) in [5.41, 5.74) is 2.19. The number of aryl methyl sites for hydroxylation is 1. The van der Waals surface area contributed by atoms with Crippen molar-refractivity contribution in [2.24, 2.45) is 0 Å². The number of aromatic nitrogens is 2. The van der Waals surface area contributed by atoms with Gasteiger partial charge in [0.25, 0.3) is 0 Å². The molecule has 14 heavy (non-hydrogen) atoms. The Bertz CT molecular complexity index is 256. The molecule has 0 bridgehead atoms. The summed E-state index contributed by atoms with van der Waals surface area (Å²) in [5, 5.41) is 13.8. The molecular weight excluding hydrogens is 176 g/mol. The quantitative estimate of drug-likeness (QED) is 0.631. The highest BCUT2D eigenvalue weighted by atomic mass is 15.1. The smallest absolute Gasteiger partial charge is 0.0762 e. The lowest BCUT2D eigenvalue weighted by atomic mass is 10.3. The first-order valence-corrected chi connectivity index (χ1v) is 5.17. The van der Waals surface area contributed by atoms with Gasteiger partial charge in [-0.3, -0.25) is 5.10 Å². The van der Waals surface area contributed by atoms with E-state index in [-0.39, 0.29) is 0 Å². The highest BCUT2D eigenvalue weighted by Crippen LogP contribution is 1.97. The molecule has 4 heteroatoms. The van der Waals surface area contributed by atoms with E-state index in [2.05, 4.69) is 40.7 Å². The Morgan fingerprint density at radius 2 is 2.36 bits per heavy atom. The molecule has 3 N–H and O–H groups in total. The van der Waals surface area contributed by atoms with Gasteiger partial charge in [-0.15, -0.1) is 0 Å². The number of aromatic amines is 1. The van der Waals surface area contributed by atoms with E-state index in [0.717, 1.165) is 31.0 Å². The van der Waals surface area contributed by atoms with E-state index >= 15 is 0 Å². The van der Waals surface area contributed by atoms with Crippen LogP contribution in [0.2, 0.25) is 0 Å². The largest absolute Gasteiger partial charge is 0.315 e. The van der Waals surface area contributed by atoms with Crippen molar-refractivity contribution in [2.75, 3.05) is 13.1 Å². The molecule has 1 atom stereocenters. The van der Waals surface area contributed by atoms with Crippen LogP contribution >= 0.6 is 0 Å². The van der Waals surface area contributed by atoms with Gasteiger partial charge in [-0.05, 0) is 26.5 Å². The van der Waals surface area contributed by atoms with E-state index in [0.29, 0.717) is 6.04 Å². The highest BCUT2D eigenvalue weighted by Gasteiger charge is 2.01. The lowest BCUT2D eigenvalue weighted by molar-refractivity contribution is 0.505. The van der Waals surface area contributed by atoms with Crippen LogP contribution in [0.15, 0.2) is 6.07 Å². The van der Waals surface area contributed by atoms with Gasteiger partial charge in [0, 0.05) is 24.8 Å². The Hall–Kier alpha value is -0.870. The molecule has 0 saturated heterocycles. The fourth-order valence-electron chi connectivity index (χ4n) is 1.28. The van der Waals surface area contributed by atoms with Gasteiger partial charge in [0.05, 0.1) is 5.69 Å². The van der Waals surface area contributed by atoms with E-state index in [1.54, 1.807) is 0 Å². The Kier molecular flexibility index (Phi) is 4.62. The van der Waals surface area contributed by atoms with Gasteiger partial charge in [-0.2, -0.15) is 5.10 Å². The maximum Gasteiger partial charge on any atom is 0.0762 e. The van der Waals surface area contributed by atoms with Crippen LogP contribution in [-0.4, -0.2) is 29.3 Å². The summed E-state index contributed by atoms with van der Waals surface area (Å²) in [7, 11) is 0. The first kappa shape index (κ1) is 11.2. The van der Waals surface area contributed by atoms with Crippen molar-refractivity contribution >= 4 is 0 Å². The zero-order chi connectivity index (χ0) is 10.4. The second-order valence-electron chi connectivity index (χ2n) is 3.63. The molecule has 0 saturated carbocycles. The van der Waals surface area contributed by atoms with E-state index in [1.807, 2.05) is 6.92 Å². The van der Waals surface area contributed by atoms with Crippen molar-refractivity contribution in [3.05, 3.63) is 17.5 Å². The number of rotatable bonds is 6. The Labute approximate surface area is 85.5 Å². The van der Waals surface area contributed by atoms with E-state index in [1.165, 1.54) is 0 Å². The van der Waals surface area contributed by atoms with Crippen LogP contribution < -0.4 is 10.6 Å². The molecule has 1 aromatic rings. The minimum absolute atomic E-state index is 0.479. The molecule has 0 aliphatic carbocycles. The van der Waals surface area contributed by atoms with Crippen molar-refractivity contribution in [1.29, 1.82) is 0 Å². The third-order valence-electron chi connectivity index (χ3n) is 2.09. The van der Waals surface area contributed by atoms with Crippen molar-refractivity contribution in [3.63, 3.8) is 0 Å². The van der Waals surface area contributed by atoms with Crippen LogP contribution in [0.3, 0.4) is 0 Å². The standard InChI is InChI=1S/C10H20N4/c1-4-11-6-9(3)12-7-10-5-8(2)13-14-10/h5,9,11-12H,4,6-7H2,1-3H3,(H,13,14). The first-order chi connectivity index (χ1) is 6.72. The Morgan fingerprint density at radius 1 is 1.57 bits per heavy atom. The zero-order valence-corrected chi connectivity index (χ0v) is 9.22. The minimum Gasteiger partial charge on any atom is -0.315 e. The fraction of sp³-hybridized carbons (Fsp3) is 0.700. The summed E-state index contributed by atoms with van der Waals surface area (Å²) in [5.74, 6) is 0. The second kappa shape index (κ2) is 5.78. The lowest BCUT2D eigenvalue weighted by Gasteiger charge is -2.12. The van der Waals surface area contributed by atoms with Crippen LogP contribution in [0.4, 0.5) is 0 Å². The molecule has 0 amide bonds. The third kappa shape index (κ3) is 3.89. The van der Waals surface area contributed by atoms with E-state index in [9.17, 15) is 0 Å². The van der Waals surface area contributed by atoms with Crippen LogP contribution in [0, 0.1) is 6.92 Å². The predicted molar refractivity (Wildman–Crippen MR) is 58.2 cm³/mol. The maximum atomic E-state index is 4.16. The number of hydrogen-bond acceptors (Lipinski definition) is 3. The average Bonchev–Trinajstić information content (AvgIpc) is 2.58. The Morgan fingerprint density at radius 3 is 2.93 bits per heavy atom.